The molecule has 54 heavy (non-hydrogen) atoms. The molecule has 278 valence electrons. The Morgan fingerprint density at radius 3 is 2.24 bits per heavy atom. The van der Waals surface area contributed by atoms with Crippen molar-refractivity contribution in [2.45, 2.75) is 57.4 Å². The fraction of sp³-hybridized carbons (Fsp3) is 0.366. The topological polar surface area (TPSA) is 144 Å². The van der Waals surface area contributed by atoms with E-state index in [0.29, 0.717) is 37.9 Å². The summed E-state index contributed by atoms with van der Waals surface area (Å²) < 4.78 is 17.8. The molecular weight excluding hydrogens is 688 g/mol. The number of aromatic nitrogens is 2. The summed E-state index contributed by atoms with van der Waals surface area (Å²) in [5.74, 6) is 0.276. The third-order valence-electron chi connectivity index (χ3n) is 10.7. The zero-order valence-corrected chi connectivity index (χ0v) is 30.3. The molecule has 4 amide bonds. The molecule has 0 saturated carbocycles. The van der Waals surface area contributed by atoms with Crippen LogP contribution in [0.4, 0.5) is 5.95 Å². The van der Waals surface area contributed by atoms with E-state index in [9.17, 15) is 19.2 Å². The second kappa shape index (κ2) is 14.6. The molecule has 4 aromatic rings. The third-order valence-corrected chi connectivity index (χ3v) is 10.7. The van der Waals surface area contributed by atoms with Gasteiger partial charge in [0, 0.05) is 50.8 Å². The number of ether oxygens (including phenoxy) is 3. The average molecular weight is 731 g/mol. The molecule has 13 nitrogen and oxygen atoms in total. The van der Waals surface area contributed by atoms with Crippen molar-refractivity contribution in [3.05, 3.63) is 113 Å². The number of fused-ring (bicyclic) bond motifs is 1. The Kier molecular flexibility index (Phi) is 9.59. The van der Waals surface area contributed by atoms with Crippen LogP contribution in [0.25, 0.3) is 0 Å². The van der Waals surface area contributed by atoms with Crippen molar-refractivity contribution >= 4 is 29.6 Å². The Hall–Kier alpha value is -5.66. The van der Waals surface area contributed by atoms with Crippen LogP contribution in [0.1, 0.15) is 69.8 Å². The van der Waals surface area contributed by atoms with Crippen LogP contribution in [0.5, 0.6) is 11.5 Å². The van der Waals surface area contributed by atoms with Gasteiger partial charge in [-0.3, -0.25) is 34.3 Å². The van der Waals surface area contributed by atoms with Gasteiger partial charge in [0.25, 0.3) is 11.8 Å². The molecular formula is C41H42N6O7. The first kappa shape index (κ1) is 35.4. The van der Waals surface area contributed by atoms with Crippen LogP contribution >= 0.6 is 0 Å². The molecule has 0 aliphatic carbocycles. The van der Waals surface area contributed by atoms with Gasteiger partial charge in [-0.05, 0) is 65.6 Å². The van der Waals surface area contributed by atoms with Crippen molar-refractivity contribution in [3.8, 4) is 11.5 Å². The van der Waals surface area contributed by atoms with Crippen LogP contribution in [0.15, 0.2) is 79.0 Å². The lowest BCUT2D eigenvalue weighted by atomic mass is 9.78. The van der Waals surface area contributed by atoms with Crippen molar-refractivity contribution in [3.63, 3.8) is 0 Å². The second-order valence-electron chi connectivity index (χ2n) is 14.7. The lowest BCUT2D eigenvalue weighted by Gasteiger charge is -2.39. The van der Waals surface area contributed by atoms with Gasteiger partial charge in [0.05, 0.1) is 30.0 Å². The van der Waals surface area contributed by atoms with Crippen LogP contribution in [0.2, 0.25) is 0 Å². The minimum Gasteiger partial charge on any atom is -0.488 e. The Balaban J connectivity index is 0.815. The van der Waals surface area contributed by atoms with Gasteiger partial charge in [-0.15, -0.1) is 0 Å². The lowest BCUT2D eigenvalue weighted by Crippen LogP contribution is -2.54. The summed E-state index contributed by atoms with van der Waals surface area (Å²) in [6.07, 6.45) is 2.03. The van der Waals surface area contributed by atoms with Gasteiger partial charge in [-0.2, -0.15) is 0 Å². The number of piperidine rings is 1. The van der Waals surface area contributed by atoms with Crippen molar-refractivity contribution in [2.24, 2.45) is 0 Å². The number of hydrogen-bond donors (Lipinski definition) is 1. The Morgan fingerprint density at radius 1 is 0.852 bits per heavy atom. The number of morpholine rings is 1. The summed E-state index contributed by atoms with van der Waals surface area (Å²) in [5.41, 5.74) is 4.37. The van der Waals surface area contributed by atoms with Gasteiger partial charge in [-0.1, -0.05) is 44.2 Å². The molecule has 0 bridgehead atoms. The molecule has 1 aromatic heterocycles. The zero-order chi connectivity index (χ0) is 37.4. The highest BCUT2D eigenvalue weighted by Gasteiger charge is 2.44. The van der Waals surface area contributed by atoms with Gasteiger partial charge in [0.15, 0.2) is 0 Å². The number of carbonyl (C=O) groups is 4. The molecule has 1 unspecified atom stereocenters. The van der Waals surface area contributed by atoms with Gasteiger partial charge in [0.2, 0.25) is 17.8 Å². The predicted octanol–water partition coefficient (Wildman–Crippen LogP) is 3.88. The molecule has 0 radical (unpaired) electrons. The van der Waals surface area contributed by atoms with E-state index in [1.807, 2.05) is 36.4 Å². The lowest BCUT2D eigenvalue weighted by molar-refractivity contribution is -0.136. The molecule has 13 heteroatoms. The summed E-state index contributed by atoms with van der Waals surface area (Å²) in [6.45, 7) is 9.72. The zero-order valence-electron chi connectivity index (χ0n) is 30.3. The normalized spacial score (nSPS) is 19.4. The number of anilines is 1. The van der Waals surface area contributed by atoms with Crippen LogP contribution in [-0.2, 0) is 32.9 Å². The number of amides is 4. The van der Waals surface area contributed by atoms with E-state index in [2.05, 4.69) is 63.2 Å². The minimum atomic E-state index is -0.976. The number of imide groups is 2. The molecule has 1 N–H and O–H groups in total. The van der Waals surface area contributed by atoms with Gasteiger partial charge >= 0.3 is 0 Å². The van der Waals surface area contributed by atoms with Crippen molar-refractivity contribution in [2.75, 3.05) is 44.3 Å². The average Bonchev–Trinajstić information content (AvgIpc) is 3.42. The summed E-state index contributed by atoms with van der Waals surface area (Å²) in [5, 5.41) is 2.23. The summed E-state index contributed by atoms with van der Waals surface area (Å²) in [7, 11) is 0. The Morgan fingerprint density at radius 2 is 1.54 bits per heavy atom. The highest BCUT2D eigenvalue weighted by Crippen LogP contribution is 2.34. The van der Waals surface area contributed by atoms with E-state index in [4.69, 9.17) is 14.2 Å². The maximum atomic E-state index is 13.2. The fourth-order valence-corrected chi connectivity index (χ4v) is 7.42. The molecule has 3 aromatic carbocycles. The third kappa shape index (κ3) is 7.16. The Bertz CT molecular complexity index is 2070. The first-order valence-corrected chi connectivity index (χ1v) is 18.3. The fourth-order valence-electron chi connectivity index (χ4n) is 7.42. The van der Waals surface area contributed by atoms with Crippen LogP contribution in [0, 0.1) is 0 Å². The Labute approximate surface area is 313 Å². The molecule has 0 spiro atoms. The van der Waals surface area contributed by atoms with Crippen LogP contribution in [0.3, 0.4) is 0 Å². The molecule has 4 aliphatic heterocycles. The van der Waals surface area contributed by atoms with E-state index in [1.165, 1.54) is 0 Å². The van der Waals surface area contributed by atoms with Gasteiger partial charge < -0.3 is 19.1 Å². The first-order chi connectivity index (χ1) is 26.1. The number of nitrogens with one attached hydrogen (secondary N) is 1. The number of hydrogen-bond acceptors (Lipinski definition) is 11. The monoisotopic (exact) mass is 730 g/mol. The highest BCUT2D eigenvalue weighted by atomic mass is 16.5. The van der Waals surface area contributed by atoms with Crippen LogP contribution < -0.4 is 19.7 Å². The van der Waals surface area contributed by atoms with Gasteiger partial charge in [-0.25, -0.2) is 9.97 Å². The highest BCUT2D eigenvalue weighted by molar-refractivity contribution is 6.23. The molecule has 4 aliphatic rings. The predicted molar refractivity (Wildman–Crippen MR) is 197 cm³/mol. The largest absolute Gasteiger partial charge is 0.488 e. The molecule has 8 rings (SSSR count). The van der Waals surface area contributed by atoms with Crippen molar-refractivity contribution < 1.29 is 33.4 Å². The molecule has 1 atom stereocenters. The number of likely N-dealkylation sites (tertiary alicyclic amines) is 1. The number of carbonyl (C=O) groups excluding carboxylic acids is 4. The summed E-state index contributed by atoms with van der Waals surface area (Å²) in [6, 6.07) is 22.6. The standard InChI is InChI=1S/C41H42N6O7/c1-41(2,27-4-8-30(9-5-27)53-25-29-15-16-42-40(43-29)46-17-19-52-20-18-46)28-6-10-31(11-7-28)54-32-23-45(24-32)22-26-3-12-33-34(21-26)39(51)47(38(33)50)35-13-14-36(48)44-37(35)49/h3-12,15-16,21,32,35H,13-14,17-20,22-25H2,1-2H3,(H,44,48,49). The maximum absolute atomic E-state index is 13.2. The van der Waals surface area contributed by atoms with E-state index in [0.717, 1.165) is 65.0 Å². The molecule has 3 fully saturated rings. The number of benzene rings is 3. The van der Waals surface area contributed by atoms with E-state index < -0.39 is 29.7 Å². The van der Waals surface area contributed by atoms with Crippen molar-refractivity contribution in [1.29, 1.82) is 0 Å². The smallest absolute Gasteiger partial charge is 0.262 e. The minimum absolute atomic E-state index is 0.0327. The molecule has 3 saturated heterocycles. The van der Waals surface area contributed by atoms with Crippen molar-refractivity contribution in [1.82, 2.24) is 25.1 Å². The summed E-state index contributed by atoms with van der Waals surface area (Å²) >= 11 is 0. The van der Waals surface area contributed by atoms with Gasteiger partial charge in [0.1, 0.15) is 30.3 Å². The number of nitrogens with zero attached hydrogens (tertiary/aromatic N) is 5. The van der Waals surface area contributed by atoms with E-state index in [-0.39, 0.29) is 29.9 Å². The maximum Gasteiger partial charge on any atom is 0.262 e. The van der Waals surface area contributed by atoms with E-state index in [1.54, 1.807) is 18.3 Å². The molecule has 5 heterocycles. The first-order valence-electron chi connectivity index (χ1n) is 18.3. The second-order valence-corrected chi connectivity index (χ2v) is 14.7. The SMILES string of the molecule is CC(C)(c1ccc(OCc2ccnc(N3CCOCC3)n2)cc1)c1ccc(OC2CN(Cc3ccc4c(c3)C(=O)N(C3CCC(=O)NC3=O)C4=O)C2)cc1. The van der Waals surface area contributed by atoms with E-state index >= 15 is 0 Å². The quantitative estimate of drug-likeness (QED) is 0.225. The van der Waals surface area contributed by atoms with Crippen LogP contribution in [-0.4, -0.2) is 94.9 Å². The number of rotatable bonds is 11. The summed E-state index contributed by atoms with van der Waals surface area (Å²) in [4.78, 5) is 64.6.